The van der Waals surface area contributed by atoms with Crippen molar-refractivity contribution in [2.75, 3.05) is 5.32 Å². The number of hydrogen-bond acceptors (Lipinski definition) is 6. The lowest BCUT2D eigenvalue weighted by Crippen LogP contribution is -2.07. The fourth-order valence-electron chi connectivity index (χ4n) is 1.43. The van der Waals surface area contributed by atoms with Gasteiger partial charge in [0.1, 0.15) is 10.8 Å². The molecule has 6 heteroatoms. The standard InChI is InChI=1S/C12H16N4OS/c1-8(2)17-10-6-4-3-5-9(10)14-12-16-15-11(7-13)18-12/h3-6,8H,7,13H2,1-2H3,(H,14,16). The highest BCUT2D eigenvalue weighted by molar-refractivity contribution is 7.15. The van der Waals surface area contributed by atoms with Gasteiger partial charge in [-0.2, -0.15) is 0 Å². The zero-order chi connectivity index (χ0) is 13.0. The van der Waals surface area contributed by atoms with Crippen molar-refractivity contribution in [2.24, 2.45) is 5.73 Å². The Labute approximate surface area is 110 Å². The van der Waals surface area contributed by atoms with E-state index in [1.54, 1.807) is 0 Å². The number of aromatic nitrogens is 2. The van der Waals surface area contributed by atoms with E-state index < -0.39 is 0 Å². The predicted octanol–water partition coefficient (Wildman–Crippen LogP) is 2.53. The summed E-state index contributed by atoms with van der Waals surface area (Å²) >= 11 is 1.44. The molecule has 96 valence electrons. The van der Waals surface area contributed by atoms with E-state index in [0.29, 0.717) is 6.54 Å². The van der Waals surface area contributed by atoms with E-state index in [4.69, 9.17) is 10.5 Å². The third-order valence-corrected chi connectivity index (χ3v) is 2.99. The minimum absolute atomic E-state index is 0.127. The fraction of sp³-hybridized carbons (Fsp3) is 0.333. The van der Waals surface area contributed by atoms with Gasteiger partial charge in [-0.3, -0.25) is 0 Å². The highest BCUT2D eigenvalue weighted by Crippen LogP contribution is 2.29. The second-order valence-electron chi connectivity index (χ2n) is 3.99. The van der Waals surface area contributed by atoms with Crippen LogP contribution in [-0.4, -0.2) is 16.3 Å². The number of nitrogens with two attached hydrogens (primary N) is 1. The van der Waals surface area contributed by atoms with Crippen LogP contribution in [0, 0.1) is 0 Å². The second-order valence-corrected chi connectivity index (χ2v) is 5.05. The van der Waals surface area contributed by atoms with Crippen molar-refractivity contribution in [2.45, 2.75) is 26.5 Å². The molecule has 2 rings (SSSR count). The molecule has 3 N–H and O–H groups in total. The number of nitrogens with one attached hydrogen (secondary N) is 1. The number of rotatable bonds is 5. The van der Waals surface area contributed by atoms with Crippen LogP contribution in [0.1, 0.15) is 18.9 Å². The molecule has 0 aliphatic rings. The first-order valence-electron chi connectivity index (χ1n) is 5.74. The maximum absolute atomic E-state index is 5.72. The average Bonchev–Trinajstić information content (AvgIpc) is 2.79. The summed E-state index contributed by atoms with van der Waals surface area (Å²) in [6.07, 6.45) is 0.127. The molecule has 1 aromatic carbocycles. The molecule has 0 unspecified atom stereocenters. The Morgan fingerprint density at radius 3 is 2.78 bits per heavy atom. The van der Waals surface area contributed by atoms with Gasteiger partial charge in [0, 0.05) is 6.54 Å². The van der Waals surface area contributed by atoms with Crippen LogP contribution in [0.2, 0.25) is 0 Å². The van der Waals surface area contributed by atoms with Crippen LogP contribution in [-0.2, 0) is 6.54 Å². The first kappa shape index (κ1) is 12.8. The number of para-hydroxylation sites is 2. The van der Waals surface area contributed by atoms with Crippen LogP contribution in [0.4, 0.5) is 10.8 Å². The minimum Gasteiger partial charge on any atom is -0.489 e. The van der Waals surface area contributed by atoms with Gasteiger partial charge in [-0.15, -0.1) is 10.2 Å². The highest BCUT2D eigenvalue weighted by atomic mass is 32.1. The summed E-state index contributed by atoms with van der Waals surface area (Å²) in [6.45, 7) is 4.39. The maximum Gasteiger partial charge on any atom is 0.210 e. The number of anilines is 2. The molecule has 1 aromatic heterocycles. The van der Waals surface area contributed by atoms with Gasteiger partial charge in [0.25, 0.3) is 0 Å². The van der Waals surface area contributed by atoms with Gasteiger partial charge in [-0.1, -0.05) is 23.5 Å². The smallest absolute Gasteiger partial charge is 0.210 e. The molecule has 0 amide bonds. The lowest BCUT2D eigenvalue weighted by molar-refractivity contribution is 0.244. The Morgan fingerprint density at radius 1 is 1.33 bits per heavy atom. The summed E-state index contributed by atoms with van der Waals surface area (Å²) in [5.74, 6) is 0.803. The Morgan fingerprint density at radius 2 is 2.11 bits per heavy atom. The van der Waals surface area contributed by atoms with E-state index in [1.807, 2.05) is 38.1 Å². The van der Waals surface area contributed by atoms with Gasteiger partial charge in [-0.05, 0) is 26.0 Å². The number of benzene rings is 1. The van der Waals surface area contributed by atoms with Gasteiger partial charge in [0.2, 0.25) is 5.13 Å². The Balaban J connectivity index is 2.17. The van der Waals surface area contributed by atoms with Crippen molar-refractivity contribution in [3.63, 3.8) is 0 Å². The first-order chi connectivity index (χ1) is 8.69. The molecule has 0 saturated carbocycles. The molecular formula is C12H16N4OS. The topological polar surface area (TPSA) is 73.1 Å². The van der Waals surface area contributed by atoms with E-state index in [0.717, 1.165) is 21.6 Å². The van der Waals surface area contributed by atoms with Crippen molar-refractivity contribution in [3.8, 4) is 5.75 Å². The summed E-state index contributed by atoms with van der Waals surface area (Å²) < 4.78 is 5.72. The van der Waals surface area contributed by atoms with Gasteiger partial charge >= 0.3 is 0 Å². The monoisotopic (exact) mass is 264 g/mol. The maximum atomic E-state index is 5.72. The summed E-state index contributed by atoms with van der Waals surface area (Å²) in [7, 11) is 0. The van der Waals surface area contributed by atoms with Gasteiger partial charge in [0.05, 0.1) is 11.8 Å². The normalized spacial score (nSPS) is 10.7. The quantitative estimate of drug-likeness (QED) is 0.868. The van der Waals surface area contributed by atoms with Crippen molar-refractivity contribution < 1.29 is 4.74 Å². The Bertz CT molecular complexity index is 512. The van der Waals surface area contributed by atoms with Crippen LogP contribution >= 0.6 is 11.3 Å². The Hall–Kier alpha value is -1.66. The van der Waals surface area contributed by atoms with Crippen LogP contribution in [0.3, 0.4) is 0 Å². The molecule has 18 heavy (non-hydrogen) atoms. The largest absolute Gasteiger partial charge is 0.489 e. The summed E-state index contributed by atoms with van der Waals surface area (Å²) in [5.41, 5.74) is 6.39. The van der Waals surface area contributed by atoms with E-state index >= 15 is 0 Å². The minimum atomic E-state index is 0.127. The van der Waals surface area contributed by atoms with E-state index in [2.05, 4.69) is 15.5 Å². The van der Waals surface area contributed by atoms with Crippen molar-refractivity contribution in [1.29, 1.82) is 0 Å². The third kappa shape index (κ3) is 3.18. The molecule has 0 bridgehead atoms. The third-order valence-electron chi connectivity index (χ3n) is 2.13. The van der Waals surface area contributed by atoms with Crippen LogP contribution in [0.5, 0.6) is 5.75 Å². The summed E-state index contributed by atoms with van der Waals surface area (Å²) in [6, 6.07) is 7.75. The zero-order valence-corrected chi connectivity index (χ0v) is 11.2. The lowest BCUT2D eigenvalue weighted by atomic mass is 10.3. The summed E-state index contributed by atoms with van der Waals surface area (Å²) in [5, 5.41) is 12.7. The number of nitrogens with zero attached hydrogens (tertiary/aromatic N) is 2. The molecule has 1 heterocycles. The van der Waals surface area contributed by atoms with Crippen molar-refractivity contribution >= 4 is 22.2 Å². The SMILES string of the molecule is CC(C)Oc1ccccc1Nc1nnc(CN)s1. The number of hydrogen-bond donors (Lipinski definition) is 2. The Kier molecular flexibility index (Phi) is 4.11. The molecule has 0 radical (unpaired) electrons. The average molecular weight is 264 g/mol. The van der Waals surface area contributed by atoms with Gasteiger partial charge in [0.15, 0.2) is 0 Å². The van der Waals surface area contributed by atoms with Gasteiger partial charge < -0.3 is 15.8 Å². The fourth-order valence-corrected chi connectivity index (χ4v) is 2.06. The molecule has 5 nitrogen and oxygen atoms in total. The molecule has 0 atom stereocenters. The zero-order valence-electron chi connectivity index (χ0n) is 10.4. The molecule has 2 aromatic rings. The molecule has 0 fully saturated rings. The molecule has 0 saturated heterocycles. The summed E-state index contributed by atoms with van der Waals surface area (Å²) in [4.78, 5) is 0. The van der Waals surface area contributed by atoms with Gasteiger partial charge in [-0.25, -0.2) is 0 Å². The highest BCUT2D eigenvalue weighted by Gasteiger charge is 2.08. The molecule has 0 aliphatic heterocycles. The second kappa shape index (κ2) is 5.79. The molecule has 0 spiro atoms. The van der Waals surface area contributed by atoms with Crippen LogP contribution < -0.4 is 15.8 Å². The van der Waals surface area contributed by atoms with Crippen molar-refractivity contribution in [1.82, 2.24) is 10.2 Å². The van der Waals surface area contributed by atoms with E-state index in [9.17, 15) is 0 Å². The molecule has 0 aliphatic carbocycles. The van der Waals surface area contributed by atoms with Crippen LogP contribution in [0.15, 0.2) is 24.3 Å². The number of ether oxygens (including phenoxy) is 1. The van der Waals surface area contributed by atoms with Crippen LogP contribution in [0.25, 0.3) is 0 Å². The lowest BCUT2D eigenvalue weighted by Gasteiger charge is -2.13. The first-order valence-corrected chi connectivity index (χ1v) is 6.56. The predicted molar refractivity (Wildman–Crippen MR) is 73.3 cm³/mol. The van der Waals surface area contributed by atoms with E-state index in [-0.39, 0.29) is 6.10 Å². The van der Waals surface area contributed by atoms with E-state index in [1.165, 1.54) is 11.3 Å². The van der Waals surface area contributed by atoms with Crippen molar-refractivity contribution in [3.05, 3.63) is 29.3 Å². The molecular weight excluding hydrogens is 248 g/mol.